The summed E-state index contributed by atoms with van der Waals surface area (Å²) in [5, 5.41) is 9.55. The topological polar surface area (TPSA) is 72.8 Å². The maximum absolute atomic E-state index is 12.2. The zero-order chi connectivity index (χ0) is 35.0. The summed E-state index contributed by atoms with van der Waals surface area (Å²) < 4.78 is 10.6. The van der Waals surface area contributed by atoms with Crippen molar-refractivity contribution in [2.45, 2.75) is 174 Å². The number of rotatable bonds is 34. The second-order valence-corrected chi connectivity index (χ2v) is 12.6. The third-order valence-electron chi connectivity index (χ3n) is 7.98. The Hall–Kier alpha value is -2.66. The van der Waals surface area contributed by atoms with E-state index in [1.807, 2.05) is 0 Å². The molecule has 0 aromatic rings. The molecule has 0 aromatic heterocycles. The molecule has 0 radical (unpaired) electrons. The predicted octanol–water partition coefficient (Wildman–Crippen LogP) is 12.2. The van der Waals surface area contributed by atoms with Gasteiger partial charge >= 0.3 is 11.9 Å². The van der Waals surface area contributed by atoms with Crippen molar-refractivity contribution in [2.75, 3.05) is 13.2 Å². The molecule has 0 aromatic carbocycles. The van der Waals surface area contributed by atoms with Gasteiger partial charge in [-0.1, -0.05) is 145 Å². The highest BCUT2D eigenvalue weighted by molar-refractivity contribution is 5.70. The predicted molar refractivity (Wildman–Crippen MR) is 205 cm³/mol. The Balaban J connectivity index is 3.64. The molecule has 0 rings (SSSR count). The smallest absolute Gasteiger partial charge is 0.306 e. The summed E-state index contributed by atoms with van der Waals surface area (Å²) >= 11 is 0. The minimum absolute atomic E-state index is 0.0837. The monoisotopic (exact) mass is 669 g/mol. The third kappa shape index (κ3) is 36.2. The molecule has 0 fully saturated rings. The molecule has 274 valence electrons. The van der Waals surface area contributed by atoms with Crippen LogP contribution in [0.1, 0.15) is 168 Å². The molecule has 0 heterocycles. The highest BCUT2D eigenvalue weighted by atomic mass is 16.6. The van der Waals surface area contributed by atoms with Crippen molar-refractivity contribution in [3.05, 3.63) is 72.9 Å². The number of allylic oxidation sites excluding steroid dienone is 12. The van der Waals surface area contributed by atoms with Crippen LogP contribution in [0, 0.1) is 0 Å². The Labute approximate surface area is 295 Å². The number of aliphatic hydroxyl groups is 1. The van der Waals surface area contributed by atoms with Gasteiger partial charge in [0.25, 0.3) is 0 Å². The van der Waals surface area contributed by atoms with Crippen molar-refractivity contribution in [1.82, 2.24) is 0 Å². The van der Waals surface area contributed by atoms with Crippen LogP contribution >= 0.6 is 0 Å². The van der Waals surface area contributed by atoms with Crippen LogP contribution in [0.2, 0.25) is 0 Å². The second kappa shape index (κ2) is 38.8. The van der Waals surface area contributed by atoms with E-state index in [2.05, 4.69) is 86.8 Å². The van der Waals surface area contributed by atoms with Crippen molar-refractivity contribution in [3.63, 3.8) is 0 Å². The van der Waals surface area contributed by atoms with Crippen LogP contribution in [-0.2, 0) is 19.1 Å². The van der Waals surface area contributed by atoms with Crippen LogP contribution in [-0.4, -0.2) is 36.4 Å². The van der Waals surface area contributed by atoms with Crippen LogP contribution in [0.5, 0.6) is 0 Å². The fourth-order valence-electron chi connectivity index (χ4n) is 5.04. The average molecular weight is 669 g/mol. The van der Waals surface area contributed by atoms with Crippen molar-refractivity contribution in [2.24, 2.45) is 0 Å². The number of hydrogen-bond donors (Lipinski definition) is 1. The van der Waals surface area contributed by atoms with Crippen molar-refractivity contribution in [1.29, 1.82) is 0 Å². The summed E-state index contributed by atoms with van der Waals surface area (Å²) in [5.74, 6) is -0.634. The largest absolute Gasteiger partial charge is 0.462 e. The molecule has 0 bridgehead atoms. The minimum atomic E-state index is -0.790. The van der Waals surface area contributed by atoms with E-state index in [-0.39, 0.29) is 25.2 Å². The Kier molecular flexibility index (Phi) is 36.6. The highest BCUT2D eigenvalue weighted by Crippen LogP contribution is 2.12. The molecular weight excluding hydrogens is 596 g/mol. The number of carbonyl (C=O) groups excluding carboxylic acids is 2. The Morgan fingerprint density at radius 2 is 0.896 bits per heavy atom. The molecule has 1 atom stereocenters. The number of carbonyl (C=O) groups is 2. The van der Waals surface area contributed by atoms with E-state index in [0.717, 1.165) is 89.9 Å². The van der Waals surface area contributed by atoms with Crippen molar-refractivity contribution >= 4 is 11.9 Å². The van der Waals surface area contributed by atoms with E-state index in [4.69, 9.17) is 9.47 Å². The quantitative estimate of drug-likeness (QED) is 0.0420. The fourth-order valence-corrected chi connectivity index (χ4v) is 5.04. The summed E-state index contributed by atoms with van der Waals surface area (Å²) in [6, 6.07) is 0. The molecule has 5 nitrogen and oxygen atoms in total. The number of hydrogen-bond acceptors (Lipinski definition) is 5. The molecule has 1 N–H and O–H groups in total. The fraction of sp³-hybridized carbons (Fsp3) is 0.674. The SMILES string of the molecule is CCC=CCC=CCC=CCC=CCCCCCCC(=O)OC(CO)COC(=O)CCCCCCCCCC=CCC=CCCCCC. The Bertz CT molecular complexity index is 895. The summed E-state index contributed by atoms with van der Waals surface area (Å²) in [4.78, 5) is 24.2. The Morgan fingerprint density at radius 1 is 0.500 bits per heavy atom. The first-order valence-corrected chi connectivity index (χ1v) is 19.5. The normalized spacial score (nSPS) is 13.0. The maximum atomic E-state index is 12.2. The van der Waals surface area contributed by atoms with Gasteiger partial charge in [-0.25, -0.2) is 0 Å². The average Bonchev–Trinajstić information content (AvgIpc) is 3.09. The van der Waals surface area contributed by atoms with E-state index < -0.39 is 6.10 Å². The van der Waals surface area contributed by atoms with E-state index in [9.17, 15) is 14.7 Å². The van der Waals surface area contributed by atoms with Gasteiger partial charge < -0.3 is 14.6 Å². The molecule has 0 amide bonds. The molecule has 0 aliphatic carbocycles. The zero-order valence-electron chi connectivity index (χ0n) is 31.0. The number of unbranched alkanes of at least 4 members (excludes halogenated alkanes) is 14. The van der Waals surface area contributed by atoms with E-state index in [1.165, 1.54) is 51.4 Å². The van der Waals surface area contributed by atoms with Gasteiger partial charge in [-0.2, -0.15) is 0 Å². The van der Waals surface area contributed by atoms with Gasteiger partial charge in [0.15, 0.2) is 6.10 Å². The van der Waals surface area contributed by atoms with E-state index in [1.54, 1.807) is 0 Å². The summed E-state index contributed by atoms with van der Waals surface area (Å²) in [6.07, 6.45) is 51.0. The standard InChI is InChI=1S/C43H72O5/c1-3-5-7-9-11-13-15-17-19-21-23-25-27-29-31-33-35-37-42(45)47-40-41(39-44)48-43(46)38-36-34-32-30-28-26-24-22-20-18-16-14-12-10-8-6-4-2/h6,8,11-14,17-20,24,26,41,44H,3-5,7,9-10,15-16,21-23,25,27-40H2,1-2H3. The molecule has 48 heavy (non-hydrogen) atoms. The number of esters is 2. The third-order valence-corrected chi connectivity index (χ3v) is 7.98. The van der Waals surface area contributed by atoms with Crippen LogP contribution in [0.25, 0.3) is 0 Å². The van der Waals surface area contributed by atoms with E-state index in [0.29, 0.717) is 12.8 Å². The number of ether oxygens (including phenoxy) is 2. The molecule has 0 aliphatic heterocycles. The minimum Gasteiger partial charge on any atom is -0.462 e. The lowest BCUT2D eigenvalue weighted by Crippen LogP contribution is -2.28. The first-order valence-electron chi connectivity index (χ1n) is 19.5. The lowest BCUT2D eigenvalue weighted by molar-refractivity contribution is -0.161. The van der Waals surface area contributed by atoms with Crippen LogP contribution in [0.15, 0.2) is 72.9 Å². The first-order chi connectivity index (χ1) is 23.6. The molecule has 5 heteroatoms. The summed E-state index contributed by atoms with van der Waals surface area (Å²) in [6.45, 7) is 3.96. The van der Waals surface area contributed by atoms with Gasteiger partial charge in [0.1, 0.15) is 6.61 Å². The molecule has 1 unspecified atom stereocenters. The zero-order valence-corrected chi connectivity index (χ0v) is 31.0. The molecule has 0 aliphatic rings. The van der Waals surface area contributed by atoms with Crippen molar-refractivity contribution in [3.8, 4) is 0 Å². The second-order valence-electron chi connectivity index (χ2n) is 12.6. The maximum Gasteiger partial charge on any atom is 0.306 e. The van der Waals surface area contributed by atoms with Gasteiger partial charge in [0, 0.05) is 12.8 Å². The summed E-state index contributed by atoms with van der Waals surface area (Å²) in [5.41, 5.74) is 0. The van der Waals surface area contributed by atoms with Gasteiger partial charge in [-0.15, -0.1) is 0 Å². The Morgan fingerprint density at radius 3 is 1.35 bits per heavy atom. The van der Waals surface area contributed by atoms with E-state index >= 15 is 0 Å². The summed E-state index contributed by atoms with van der Waals surface area (Å²) in [7, 11) is 0. The molecular formula is C43H72O5. The van der Waals surface area contributed by atoms with Gasteiger partial charge in [-0.3, -0.25) is 9.59 Å². The van der Waals surface area contributed by atoms with Crippen LogP contribution in [0.4, 0.5) is 0 Å². The van der Waals surface area contributed by atoms with Gasteiger partial charge in [0.05, 0.1) is 6.61 Å². The van der Waals surface area contributed by atoms with Crippen LogP contribution in [0.3, 0.4) is 0 Å². The first kappa shape index (κ1) is 45.3. The van der Waals surface area contributed by atoms with Crippen LogP contribution < -0.4 is 0 Å². The van der Waals surface area contributed by atoms with Gasteiger partial charge in [-0.05, 0) is 83.5 Å². The molecule has 0 saturated heterocycles. The van der Waals surface area contributed by atoms with Crippen molar-refractivity contribution < 1.29 is 24.2 Å². The lowest BCUT2D eigenvalue weighted by atomic mass is 10.1. The highest BCUT2D eigenvalue weighted by Gasteiger charge is 2.16. The molecule has 0 spiro atoms. The number of aliphatic hydroxyl groups excluding tert-OH is 1. The molecule has 0 saturated carbocycles. The lowest BCUT2D eigenvalue weighted by Gasteiger charge is -2.15. The van der Waals surface area contributed by atoms with Gasteiger partial charge in [0.2, 0.25) is 0 Å².